The van der Waals surface area contributed by atoms with Gasteiger partial charge in [-0.1, -0.05) is 0 Å². The summed E-state index contributed by atoms with van der Waals surface area (Å²) in [6.07, 6.45) is 8.38. The van der Waals surface area contributed by atoms with Crippen molar-refractivity contribution in [1.82, 2.24) is 35.1 Å². The first-order valence-corrected chi connectivity index (χ1v) is 12.7. The molecule has 2 fully saturated rings. The quantitative estimate of drug-likeness (QED) is 0.383. The highest BCUT2D eigenvalue weighted by atomic mass is 19.1. The van der Waals surface area contributed by atoms with Crippen LogP contribution in [0.15, 0.2) is 35.5 Å². The van der Waals surface area contributed by atoms with Crippen LogP contribution < -0.4 is 16.2 Å². The maximum Gasteiger partial charge on any atom is 0.270 e. The first-order chi connectivity index (χ1) is 17.7. The number of nitrogens with zero attached hydrogens (tertiary/aromatic N) is 5. The number of hydrogen-bond donors (Lipinski definition) is 3. The summed E-state index contributed by atoms with van der Waals surface area (Å²) in [5, 5.41) is 19.7. The minimum absolute atomic E-state index is 0.0215. The topological polar surface area (TPSA) is 140 Å². The minimum atomic E-state index is -0.872. The Kier molecular flexibility index (Phi) is 6.65. The van der Waals surface area contributed by atoms with Gasteiger partial charge >= 0.3 is 0 Å². The van der Waals surface area contributed by atoms with E-state index in [1.54, 1.807) is 23.9 Å². The molecular formula is C25H31FN8O3. The van der Waals surface area contributed by atoms with Crippen LogP contribution in [0.4, 0.5) is 10.1 Å². The molecular weight excluding hydrogens is 479 g/mol. The van der Waals surface area contributed by atoms with Gasteiger partial charge in [0.25, 0.3) is 17.4 Å². The molecule has 0 aromatic carbocycles. The smallest absolute Gasteiger partial charge is 0.270 e. The van der Waals surface area contributed by atoms with Gasteiger partial charge in [0.2, 0.25) is 5.91 Å². The lowest BCUT2D eigenvalue weighted by Crippen LogP contribution is -2.50. The molecule has 2 unspecified atom stereocenters. The number of hydrogen-bond acceptors (Lipinski definition) is 6. The number of H-pyrrole nitrogens is 1. The van der Waals surface area contributed by atoms with Crippen LogP contribution in [-0.2, 0) is 4.79 Å². The maximum atomic E-state index is 14.8. The van der Waals surface area contributed by atoms with Crippen LogP contribution in [0.1, 0.15) is 74.6 Å². The summed E-state index contributed by atoms with van der Waals surface area (Å²) in [6.45, 7) is 5.54. The fourth-order valence-electron chi connectivity index (χ4n) is 5.04. The van der Waals surface area contributed by atoms with Crippen molar-refractivity contribution in [3.63, 3.8) is 0 Å². The summed E-state index contributed by atoms with van der Waals surface area (Å²) in [5.41, 5.74) is 0.203. The van der Waals surface area contributed by atoms with Gasteiger partial charge in [0.15, 0.2) is 0 Å². The van der Waals surface area contributed by atoms with Gasteiger partial charge in [0.1, 0.15) is 17.4 Å². The molecule has 3 aromatic rings. The van der Waals surface area contributed by atoms with Crippen molar-refractivity contribution in [2.45, 2.75) is 64.6 Å². The Balaban J connectivity index is 1.39. The van der Waals surface area contributed by atoms with Crippen LogP contribution >= 0.6 is 0 Å². The molecule has 196 valence electrons. The van der Waals surface area contributed by atoms with Crippen LogP contribution in [0.3, 0.4) is 0 Å². The standard InChI is InChI=1S/C25H31FN8O3/c1-13(2)34-19(9-11-28-34)24(36)30-21(20(15-4-5-15)16-6-7-16)25(37)29-18-12-33(32-22(18)26)14(3)17-8-10-27-31-23(17)35/h8-16,20-21H,4-7H2,1-3H3,(H,29,37)(H,30,36)(H,31,35). The Bertz CT molecular complexity index is 1340. The molecule has 2 atom stereocenters. The van der Waals surface area contributed by atoms with E-state index in [4.69, 9.17) is 0 Å². The van der Waals surface area contributed by atoms with E-state index in [2.05, 4.69) is 31.0 Å². The second-order valence-electron chi connectivity index (χ2n) is 10.3. The van der Waals surface area contributed by atoms with Gasteiger partial charge in [-0.05, 0) is 76.3 Å². The average Bonchev–Trinajstić information content (AvgIpc) is 3.80. The normalized spacial score (nSPS) is 17.1. The lowest BCUT2D eigenvalue weighted by Gasteiger charge is -2.27. The van der Waals surface area contributed by atoms with Crippen LogP contribution in [0, 0.1) is 23.7 Å². The van der Waals surface area contributed by atoms with Crippen molar-refractivity contribution in [2.24, 2.45) is 17.8 Å². The Labute approximate surface area is 212 Å². The summed E-state index contributed by atoms with van der Waals surface area (Å²) < 4.78 is 17.7. The van der Waals surface area contributed by atoms with Gasteiger partial charge in [-0.3, -0.25) is 23.7 Å². The molecule has 12 heteroatoms. The first kappa shape index (κ1) is 24.8. The Morgan fingerprint density at radius 1 is 1.11 bits per heavy atom. The lowest BCUT2D eigenvalue weighted by molar-refractivity contribution is -0.119. The van der Waals surface area contributed by atoms with Gasteiger partial charge in [-0.15, -0.1) is 5.10 Å². The zero-order valence-electron chi connectivity index (χ0n) is 21.0. The van der Waals surface area contributed by atoms with Gasteiger partial charge in [-0.2, -0.15) is 14.6 Å². The number of carbonyl (C=O) groups is 2. The highest BCUT2D eigenvalue weighted by molar-refractivity contribution is 6.00. The van der Waals surface area contributed by atoms with E-state index < -0.39 is 29.5 Å². The maximum absolute atomic E-state index is 14.8. The second-order valence-corrected chi connectivity index (χ2v) is 10.3. The number of anilines is 1. The van der Waals surface area contributed by atoms with Crippen molar-refractivity contribution < 1.29 is 14.0 Å². The molecule has 5 rings (SSSR count). The molecule has 0 radical (unpaired) electrons. The Morgan fingerprint density at radius 3 is 2.43 bits per heavy atom. The molecule has 3 aromatic heterocycles. The third kappa shape index (κ3) is 5.18. The molecule has 0 spiro atoms. The van der Waals surface area contributed by atoms with Crippen LogP contribution in [0.5, 0.6) is 0 Å². The highest BCUT2D eigenvalue weighted by Gasteiger charge is 2.48. The molecule has 11 nitrogen and oxygen atoms in total. The Hall–Kier alpha value is -3.83. The minimum Gasteiger partial charge on any atom is -0.339 e. The van der Waals surface area contributed by atoms with E-state index in [0.717, 1.165) is 25.7 Å². The van der Waals surface area contributed by atoms with E-state index in [-0.39, 0.29) is 23.6 Å². The molecule has 2 aliphatic carbocycles. The zero-order valence-corrected chi connectivity index (χ0v) is 21.0. The van der Waals surface area contributed by atoms with Crippen LogP contribution in [-0.4, -0.2) is 47.6 Å². The van der Waals surface area contributed by atoms with E-state index in [1.165, 1.54) is 23.1 Å². The Morgan fingerprint density at radius 2 is 1.81 bits per heavy atom. The molecule has 3 heterocycles. The van der Waals surface area contributed by atoms with Crippen molar-refractivity contribution >= 4 is 17.5 Å². The molecule has 2 amide bonds. The summed E-state index contributed by atoms with van der Waals surface area (Å²) in [7, 11) is 0. The van der Waals surface area contributed by atoms with Gasteiger partial charge < -0.3 is 10.6 Å². The summed E-state index contributed by atoms with van der Waals surface area (Å²) in [5.74, 6) is -1.07. The number of rotatable bonds is 10. The van der Waals surface area contributed by atoms with E-state index in [0.29, 0.717) is 23.1 Å². The third-order valence-electron chi connectivity index (χ3n) is 7.23. The van der Waals surface area contributed by atoms with Gasteiger partial charge in [0, 0.05) is 24.0 Å². The monoisotopic (exact) mass is 510 g/mol. The molecule has 0 aliphatic heterocycles. The number of nitrogens with one attached hydrogen (secondary N) is 3. The third-order valence-corrected chi connectivity index (χ3v) is 7.23. The number of aromatic amines is 1. The van der Waals surface area contributed by atoms with Crippen molar-refractivity contribution in [2.75, 3.05) is 5.32 Å². The highest BCUT2D eigenvalue weighted by Crippen LogP contribution is 2.51. The summed E-state index contributed by atoms with van der Waals surface area (Å²) >= 11 is 0. The number of halogens is 1. The van der Waals surface area contributed by atoms with Gasteiger partial charge in [-0.25, -0.2) is 5.10 Å². The van der Waals surface area contributed by atoms with Crippen molar-refractivity contribution in [3.8, 4) is 0 Å². The molecule has 2 aliphatic rings. The second kappa shape index (κ2) is 9.91. The molecule has 37 heavy (non-hydrogen) atoms. The SMILES string of the molecule is CC(c1ccn[nH]c1=O)n1cc(NC(=O)C(NC(=O)c2ccnn2C(C)C)C(C2CC2)C2CC2)c(F)n1. The number of amides is 2. The van der Waals surface area contributed by atoms with Gasteiger partial charge in [0.05, 0.1) is 12.2 Å². The fourth-order valence-corrected chi connectivity index (χ4v) is 5.04. The number of aromatic nitrogens is 6. The predicted molar refractivity (Wildman–Crippen MR) is 132 cm³/mol. The number of carbonyl (C=O) groups excluding carboxylic acids is 2. The van der Waals surface area contributed by atoms with Crippen LogP contribution in [0.25, 0.3) is 0 Å². The van der Waals surface area contributed by atoms with E-state index in [9.17, 15) is 18.8 Å². The zero-order chi connectivity index (χ0) is 26.3. The molecule has 0 bridgehead atoms. The van der Waals surface area contributed by atoms with Crippen molar-refractivity contribution in [3.05, 3.63) is 58.3 Å². The van der Waals surface area contributed by atoms with E-state index in [1.807, 2.05) is 13.8 Å². The predicted octanol–water partition coefficient (Wildman–Crippen LogP) is 2.67. The first-order valence-electron chi connectivity index (χ1n) is 12.7. The molecule has 3 N–H and O–H groups in total. The average molecular weight is 511 g/mol. The largest absolute Gasteiger partial charge is 0.339 e. The van der Waals surface area contributed by atoms with Crippen LogP contribution in [0.2, 0.25) is 0 Å². The lowest BCUT2D eigenvalue weighted by atomic mass is 9.88. The molecule has 2 saturated carbocycles. The summed E-state index contributed by atoms with van der Waals surface area (Å²) in [6, 6.07) is 1.71. The summed E-state index contributed by atoms with van der Waals surface area (Å²) in [4.78, 5) is 38.9. The fraction of sp³-hybridized carbons (Fsp3) is 0.520. The van der Waals surface area contributed by atoms with E-state index >= 15 is 0 Å². The van der Waals surface area contributed by atoms with Crippen molar-refractivity contribution in [1.29, 1.82) is 0 Å². The molecule has 0 saturated heterocycles.